The molecule has 2 aromatic heterocycles. The van der Waals surface area contributed by atoms with Crippen LogP contribution in [0.3, 0.4) is 0 Å². The van der Waals surface area contributed by atoms with Crippen LogP contribution in [0.2, 0.25) is 0 Å². The summed E-state index contributed by atoms with van der Waals surface area (Å²) in [5.41, 5.74) is 0.0118. The molecule has 0 aliphatic rings. The molecule has 96 valence electrons. The number of aromatic amines is 1. The van der Waals surface area contributed by atoms with Crippen LogP contribution in [-0.2, 0) is 6.54 Å². The van der Waals surface area contributed by atoms with Crippen molar-refractivity contribution in [1.29, 1.82) is 0 Å². The van der Waals surface area contributed by atoms with E-state index in [9.17, 15) is 9.59 Å². The van der Waals surface area contributed by atoms with E-state index >= 15 is 0 Å². The predicted octanol–water partition coefficient (Wildman–Crippen LogP) is 0.967. The Labute approximate surface area is 117 Å². The maximum Gasteiger partial charge on any atom is 0.328 e. The van der Waals surface area contributed by atoms with Gasteiger partial charge < -0.3 is 0 Å². The summed E-state index contributed by atoms with van der Waals surface area (Å²) in [5.74, 6) is 0. The largest absolute Gasteiger partial charge is 0.328 e. The topological polar surface area (TPSA) is 72.7 Å². The molecule has 2 rings (SSSR count). The zero-order chi connectivity index (χ0) is 13.3. The van der Waals surface area contributed by atoms with E-state index in [1.165, 1.54) is 10.8 Å². The lowest BCUT2D eigenvalue weighted by molar-refractivity contribution is 0.522. The van der Waals surface area contributed by atoms with Gasteiger partial charge in [0.1, 0.15) is 0 Å². The fourth-order valence-corrected chi connectivity index (χ4v) is 2.00. The lowest BCUT2D eigenvalue weighted by Crippen LogP contribution is -2.31. The number of nitrogens with one attached hydrogen (secondary N) is 1. The van der Waals surface area contributed by atoms with Crippen LogP contribution in [-0.4, -0.2) is 19.3 Å². The van der Waals surface area contributed by atoms with Gasteiger partial charge in [0.25, 0.3) is 5.56 Å². The molecular weight excluding hydrogens is 347 g/mol. The first-order valence-electron chi connectivity index (χ1n) is 5.50. The number of nitrogens with zero attached hydrogens (tertiary/aromatic N) is 3. The third kappa shape index (κ3) is 2.71. The number of hydrogen-bond donors (Lipinski definition) is 1. The van der Waals surface area contributed by atoms with Crippen molar-refractivity contribution in [2.75, 3.05) is 0 Å². The average molecular weight is 360 g/mol. The van der Waals surface area contributed by atoms with Crippen molar-refractivity contribution in [3.05, 3.63) is 48.6 Å². The highest BCUT2D eigenvalue weighted by molar-refractivity contribution is 14.1. The van der Waals surface area contributed by atoms with E-state index in [0.717, 1.165) is 5.69 Å². The summed E-state index contributed by atoms with van der Waals surface area (Å²) in [4.78, 5) is 25.1. The lowest BCUT2D eigenvalue weighted by atomic mass is 10.4. The van der Waals surface area contributed by atoms with E-state index in [1.54, 1.807) is 0 Å². The third-order valence-electron chi connectivity index (χ3n) is 2.49. The Morgan fingerprint density at radius 1 is 1.44 bits per heavy atom. The zero-order valence-electron chi connectivity index (χ0n) is 10.1. The second-order valence-electron chi connectivity index (χ2n) is 4.25. The Balaban J connectivity index is 2.31. The summed E-state index contributed by atoms with van der Waals surface area (Å²) in [7, 11) is 0. The molecule has 0 saturated carbocycles. The van der Waals surface area contributed by atoms with E-state index in [2.05, 4.69) is 10.1 Å². The molecule has 0 bridgehead atoms. The van der Waals surface area contributed by atoms with Gasteiger partial charge in [-0.25, -0.2) is 4.79 Å². The SMILES string of the molecule is CC(C)n1ccc(Cn2cc(I)c(=O)[nH]c2=O)n1. The van der Waals surface area contributed by atoms with Gasteiger partial charge in [-0.05, 0) is 42.5 Å². The van der Waals surface area contributed by atoms with E-state index in [4.69, 9.17) is 0 Å². The van der Waals surface area contributed by atoms with Crippen LogP contribution in [0.25, 0.3) is 0 Å². The van der Waals surface area contributed by atoms with Crippen molar-refractivity contribution in [3.63, 3.8) is 0 Å². The van der Waals surface area contributed by atoms with Gasteiger partial charge >= 0.3 is 5.69 Å². The molecule has 2 aromatic rings. The molecule has 1 N–H and O–H groups in total. The minimum absolute atomic E-state index is 0.284. The minimum atomic E-state index is -0.417. The Kier molecular flexibility index (Phi) is 3.69. The third-order valence-corrected chi connectivity index (χ3v) is 3.26. The fraction of sp³-hybridized carbons (Fsp3) is 0.364. The van der Waals surface area contributed by atoms with Gasteiger partial charge in [0.15, 0.2) is 0 Å². The van der Waals surface area contributed by atoms with Crippen LogP contribution in [0.5, 0.6) is 0 Å². The zero-order valence-corrected chi connectivity index (χ0v) is 12.2. The van der Waals surface area contributed by atoms with Crippen molar-refractivity contribution in [2.24, 2.45) is 0 Å². The molecule has 7 heteroatoms. The first-order chi connectivity index (χ1) is 8.47. The second kappa shape index (κ2) is 5.09. The van der Waals surface area contributed by atoms with E-state index < -0.39 is 5.69 Å². The maximum atomic E-state index is 11.6. The highest BCUT2D eigenvalue weighted by atomic mass is 127. The lowest BCUT2D eigenvalue weighted by Gasteiger charge is -2.05. The molecule has 0 amide bonds. The summed E-state index contributed by atoms with van der Waals surface area (Å²) >= 11 is 1.90. The number of rotatable bonds is 3. The van der Waals surface area contributed by atoms with E-state index in [1.807, 2.05) is 53.4 Å². The molecule has 6 nitrogen and oxygen atoms in total. The Bertz CT molecular complexity index is 668. The van der Waals surface area contributed by atoms with Crippen molar-refractivity contribution in [3.8, 4) is 0 Å². The first kappa shape index (κ1) is 13.1. The van der Waals surface area contributed by atoms with Crippen molar-refractivity contribution >= 4 is 22.6 Å². The van der Waals surface area contributed by atoms with Gasteiger partial charge in [-0.2, -0.15) is 5.10 Å². The summed E-state index contributed by atoms with van der Waals surface area (Å²) in [6, 6.07) is 2.15. The van der Waals surface area contributed by atoms with Gasteiger partial charge in [-0.15, -0.1) is 0 Å². The standard InChI is InChI=1S/C11H13IN4O2/c1-7(2)16-4-3-8(14-16)5-15-6-9(12)10(17)13-11(15)18/h3-4,6-7H,5H2,1-2H3,(H,13,17,18). The van der Waals surface area contributed by atoms with Crippen LogP contribution in [0.15, 0.2) is 28.0 Å². The number of aromatic nitrogens is 4. The number of halogens is 1. The van der Waals surface area contributed by atoms with Crippen molar-refractivity contribution < 1.29 is 0 Å². The highest BCUT2D eigenvalue weighted by Crippen LogP contribution is 2.05. The minimum Gasteiger partial charge on any atom is -0.293 e. The molecule has 18 heavy (non-hydrogen) atoms. The second-order valence-corrected chi connectivity index (χ2v) is 5.41. The summed E-state index contributed by atoms with van der Waals surface area (Å²) in [6.45, 7) is 4.42. The molecule has 0 fully saturated rings. The van der Waals surface area contributed by atoms with Crippen LogP contribution < -0.4 is 11.2 Å². The Hall–Kier alpha value is -1.38. The molecule has 0 radical (unpaired) electrons. The summed E-state index contributed by atoms with van der Waals surface area (Å²) in [5, 5.41) is 4.36. The number of H-pyrrole nitrogens is 1. The van der Waals surface area contributed by atoms with Gasteiger partial charge in [0.2, 0.25) is 0 Å². The van der Waals surface area contributed by atoms with Crippen LogP contribution in [0.1, 0.15) is 25.6 Å². The molecule has 0 unspecified atom stereocenters. The quantitative estimate of drug-likeness (QED) is 0.829. The van der Waals surface area contributed by atoms with Crippen LogP contribution in [0, 0.1) is 3.57 Å². The smallest absolute Gasteiger partial charge is 0.293 e. The first-order valence-corrected chi connectivity index (χ1v) is 6.58. The van der Waals surface area contributed by atoms with Crippen molar-refractivity contribution in [2.45, 2.75) is 26.4 Å². The normalized spacial score (nSPS) is 11.1. The summed E-state index contributed by atoms with van der Waals surface area (Å²) in [6.07, 6.45) is 3.41. The molecule has 2 heterocycles. The van der Waals surface area contributed by atoms with E-state index in [0.29, 0.717) is 10.1 Å². The molecule has 0 spiro atoms. The molecule has 0 aliphatic carbocycles. The predicted molar refractivity (Wildman–Crippen MR) is 75.8 cm³/mol. The Morgan fingerprint density at radius 3 is 2.78 bits per heavy atom. The average Bonchev–Trinajstić information content (AvgIpc) is 2.74. The van der Waals surface area contributed by atoms with E-state index in [-0.39, 0.29) is 11.6 Å². The van der Waals surface area contributed by atoms with Gasteiger partial charge in [-0.3, -0.25) is 19.0 Å². The maximum absolute atomic E-state index is 11.6. The van der Waals surface area contributed by atoms with Gasteiger partial charge in [0, 0.05) is 18.4 Å². The summed E-state index contributed by atoms with van der Waals surface area (Å²) < 4.78 is 3.75. The van der Waals surface area contributed by atoms with Crippen LogP contribution in [0.4, 0.5) is 0 Å². The monoisotopic (exact) mass is 360 g/mol. The molecular formula is C11H13IN4O2. The fourth-order valence-electron chi connectivity index (χ4n) is 1.52. The highest BCUT2D eigenvalue weighted by Gasteiger charge is 2.06. The number of hydrogen-bond acceptors (Lipinski definition) is 3. The molecule has 0 saturated heterocycles. The van der Waals surface area contributed by atoms with Gasteiger partial charge in [0.05, 0.1) is 15.8 Å². The van der Waals surface area contributed by atoms with Crippen molar-refractivity contribution in [1.82, 2.24) is 19.3 Å². The molecule has 0 atom stereocenters. The molecule has 0 aromatic carbocycles. The molecule has 0 aliphatic heterocycles. The van der Waals surface area contributed by atoms with Gasteiger partial charge in [-0.1, -0.05) is 0 Å². The van der Waals surface area contributed by atoms with Crippen LogP contribution >= 0.6 is 22.6 Å². The Morgan fingerprint density at radius 2 is 2.17 bits per heavy atom.